The van der Waals surface area contributed by atoms with Gasteiger partial charge in [-0.1, -0.05) is 60.0 Å². The molecule has 2 N–H and O–H groups in total. The molecule has 0 bridgehead atoms. The van der Waals surface area contributed by atoms with Gasteiger partial charge in [0.25, 0.3) is 5.91 Å². The van der Waals surface area contributed by atoms with Crippen molar-refractivity contribution in [3.8, 4) is 11.8 Å². The Morgan fingerprint density at radius 3 is 2.64 bits per heavy atom. The number of fused-ring (bicyclic) bond motifs is 1. The summed E-state index contributed by atoms with van der Waals surface area (Å²) >= 11 is 5.88. The molecule has 0 aliphatic carbocycles. The number of benzene rings is 2. The van der Waals surface area contributed by atoms with Gasteiger partial charge in [-0.2, -0.15) is 0 Å². The number of carbonyl (C=O) groups excluding carboxylic acids is 1. The summed E-state index contributed by atoms with van der Waals surface area (Å²) in [5.41, 5.74) is 1.54. The maximum Gasteiger partial charge on any atom is 0.257 e. The molecule has 6 nitrogen and oxygen atoms in total. The maximum atomic E-state index is 12.9. The number of aryl methyl sites for hydroxylation is 1. The van der Waals surface area contributed by atoms with Crippen molar-refractivity contribution in [1.29, 1.82) is 0 Å². The number of furan rings is 1. The van der Waals surface area contributed by atoms with Crippen LogP contribution in [-0.4, -0.2) is 15.6 Å². The molecule has 2 aromatic carbocycles. The highest BCUT2D eigenvalue weighted by Gasteiger charge is 2.17. The Morgan fingerprint density at radius 2 is 1.91 bits per heavy atom. The molecular weight excluding hydrogens is 440 g/mol. The van der Waals surface area contributed by atoms with Gasteiger partial charge in [0.05, 0.1) is 11.5 Å². The van der Waals surface area contributed by atoms with Gasteiger partial charge in [0.2, 0.25) is 11.1 Å². The van der Waals surface area contributed by atoms with Crippen LogP contribution in [0.2, 0.25) is 5.02 Å². The third-order valence-electron chi connectivity index (χ3n) is 5.15. The summed E-state index contributed by atoms with van der Waals surface area (Å²) in [4.78, 5) is 25.6. The van der Waals surface area contributed by atoms with E-state index < -0.39 is 17.4 Å². The van der Waals surface area contributed by atoms with Gasteiger partial charge in [-0.3, -0.25) is 9.59 Å². The molecule has 0 saturated heterocycles. The Labute approximate surface area is 195 Å². The molecule has 166 valence electrons. The zero-order valence-electron chi connectivity index (χ0n) is 17.8. The maximum absolute atomic E-state index is 12.9. The number of nitrogens with zero attached hydrogens (tertiary/aromatic N) is 1. The highest BCUT2D eigenvalue weighted by atomic mass is 35.5. The van der Waals surface area contributed by atoms with Gasteiger partial charge in [0, 0.05) is 37.3 Å². The van der Waals surface area contributed by atoms with Crippen molar-refractivity contribution in [2.24, 2.45) is 7.05 Å². The Balaban J connectivity index is 1.52. The zero-order valence-corrected chi connectivity index (χ0v) is 18.6. The zero-order chi connectivity index (χ0) is 23.4. The number of aliphatic hydroxyl groups excluding tert-OH is 1. The van der Waals surface area contributed by atoms with Crippen molar-refractivity contribution in [2.45, 2.75) is 19.1 Å². The molecule has 0 aliphatic heterocycles. The number of aliphatic hydroxyl groups is 1. The van der Waals surface area contributed by atoms with Gasteiger partial charge in [-0.15, -0.1) is 0 Å². The topological polar surface area (TPSA) is 84.5 Å². The number of aromatic nitrogens is 1. The van der Waals surface area contributed by atoms with E-state index in [1.165, 1.54) is 12.3 Å². The van der Waals surface area contributed by atoms with E-state index in [0.717, 1.165) is 11.1 Å². The fraction of sp³-hybridized carbons (Fsp3) is 0.154. The fourth-order valence-corrected chi connectivity index (χ4v) is 3.52. The molecule has 2 aromatic heterocycles. The minimum Gasteiger partial charge on any atom is -0.431 e. The molecule has 0 radical (unpaired) electrons. The average molecular weight is 461 g/mol. The molecule has 0 aliphatic rings. The van der Waals surface area contributed by atoms with Crippen LogP contribution < -0.4 is 10.7 Å². The summed E-state index contributed by atoms with van der Waals surface area (Å²) < 4.78 is 7.29. The molecule has 1 atom stereocenters. The molecule has 4 aromatic rings. The van der Waals surface area contributed by atoms with Gasteiger partial charge in [0.1, 0.15) is 5.56 Å². The van der Waals surface area contributed by atoms with E-state index in [-0.39, 0.29) is 29.7 Å². The highest BCUT2D eigenvalue weighted by molar-refractivity contribution is 6.30. The van der Waals surface area contributed by atoms with E-state index >= 15 is 0 Å². The summed E-state index contributed by atoms with van der Waals surface area (Å²) in [5, 5.41) is 13.9. The van der Waals surface area contributed by atoms with Crippen LogP contribution in [0.4, 0.5) is 0 Å². The molecule has 0 saturated carbocycles. The lowest BCUT2D eigenvalue weighted by Crippen LogP contribution is -2.29. The Kier molecular flexibility index (Phi) is 6.64. The number of hydrogen-bond acceptors (Lipinski definition) is 4. The molecular formula is C26H21ClN2O4. The van der Waals surface area contributed by atoms with Gasteiger partial charge in [-0.05, 0) is 29.2 Å². The van der Waals surface area contributed by atoms with Gasteiger partial charge in [0.15, 0.2) is 5.76 Å². The highest BCUT2D eigenvalue weighted by Crippen LogP contribution is 2.18. The number of hydrogen-bond donors (Lipinski definition) is 2. The van der Waals surface area contributed by atoms with Crippen molar-refractivity contribution in [1.82, 2.24) is 9.88 Å². The average Bonchev–Trinajstić information content (AvgIpc) is 3.26. The van der Waals surface area contributed by atoms with E-state index in [4.69, 9.17) is 16.0 Å². The molecule has 0 spiro atoms. The number of halogens is 1. The second-order valence-electron chi connectivity index (χ2n) is 7.55. The first-order valence-electron chi connectivity index (χ1n) is 10.3. The first-order valence-corrected chi connectivity index (χ1v) is 10.7. The van der Waals surface area contributed by atoms with Gasteiger partial charge >= 0.3 is 0 Å². The molecule has 1 unspecified atom stereocenters. The van der Waals surface area contributed by atoms with E-state index in [0.29, 0.717) is 10.7 Å². The number of amides is 1. The van der Waals surface area contributed by atoms with E-state index in [9.17, 15) is 14.7 Å². The van der Waals surface area contributed by atoms with Crippen molar-refractivity contribution >= 4 is 28.6 Å². The van der Waals surface area contributed by atoms with Crippen LogP contribution in [0.1, 0.15) is 39.8 Å². The minimum absolute atomic E-state index is 0.0128. The van der Waals surface area contributed by atoms with Crippen LogP contribution in [-0.2, 0) is 13.6 Å². The molecule has 1 amide bonds. The second kappa shape index (κ2) is 9.78. The largest absolute Gasteiger partial charge is 0.431 e. The Hall–Kier alpha value is -3.79. The van der Waals surface area contributed by atoms with Crippen LogP contribution in [0.3, 0.4) is 0 Å². The van der Waals surface area contributed by atoms with E-state index in [1.807, 2.05) is 30.3 Å². The molecule has 7 heteroatoms. The molecule has 2 heterocycles. The summed E-state index contributed by atoms with van der Waals surface area (Å²) in [6.45, 7) is 0.267. The smallest absolute Gasteiger partial charge is 0.257 e. The third kappa shape index (κ3) is 5.17. The van der Waals surface area contributed by atoms with Crippen LogP contribution in [0, 0.1) is 11.8 Å². The number of pyridine rings is 1. The van der Waals surface area contributed by atoms with Crippen LogP contribution in [0.15, 0.2) is 76.1 Å². The second-order valence-corrected chi connectivity index (χ2v) is 7.99. The monoisotopic (exact) mass is 460 g/mol. The summed E-state index contributed by atoms with van der Waals surface area (Å²) in [5.74, 6) is 5.54. The third-order valence-corrected chi connectivity index (χ3v) is 5.40. The van der Waals surface area contributed by atoms with Gasteiger partial charge in [-0.25, -0.2) is 0 Å². The molecule has 4 rings (SSSR count). The lowest BCUT2D eigenvalue weighted by molar-refractivity contribution is 0.0949. The lowest BCUT2D eigenvalue weighted by atomic mass is 10.1. The standard InChI is InChI=1S/C26H21ClN2O4/c1-29-16-22(25(32)28-15-17-10-12-19(27)13-11-17)24(31)21-14-20(33-26(21)29)8-5-9-23(30)18-6-3-2-4-7-18/h2-4,6-7,10-14,16,23,30H,9,15H2,1H3,(H,28,32). The van der Waals surface area contributed by atoms with Crippen LogP contribution in [0.5, 0.6) is 0 Å². The van der Waals surface area contributed by atoms with E-state index in [2.05, 4.69) is 17.2 Å². The normalized spacial score (nSPS) is 11.6. The fourth-order valence-electron chi connectivity index (χ4n) is 3.39. The van der Waals surface area contributed by atoms with Crippen molar-refractivity contribution in [2.75, 3.05) is 0 Å². The van der Waals surface area contributed by atoms with E-state index in [1.54, 1.807) is 35.9 Å². The molecule has 0 fully saturated rings. The predicted molar refractivity (Wildman–Crippen MR) is 127 cm³/mol. The first kappa shape index (κ1) is 22.4. The van der Waals surface area contributed by atoms with Gasteiger partial charge < -0.3 is 19.4 Å². The summed E-state index contributed by atoms with van der Waals surface area (Å²) in [6, 6.07) is 17.8. The Morgan fingerprint density at radius 1 is 1.18 bits per heavy atom. The van der Waals surface area contributed by atoms with Crippen LogP contribution in [0.25, 0.3) is 11.1 Å². The molecule has 33 heavy (non-hydrogen) atoms. The number of carbonyl (C=O) groups is 1. The summed E-state index contributed by atoms with van der Waals surface area (Å²) in [7, 11) is 1.69. The van der Waals surface area contributed by atoms with Crippen molar-refractivity contribution in [3.05, 3.63) is 105 Å². The lowest BCUT2D eigenvalue weighted by Gasteiger charge is -2.07. The SMILES string of the molecule is Cn1cc(C(=O)NCc2ccc(Cl)cc2)c(=O)c2cc(C#CCC(O)c3ccccc3)oc21. The van der Waals surface area contributed by atoms with Crippen molar-refractivity contribution < 1.29 is 14.3 Å². The van der Waals surface area contributed by atoms with Crippen LogP contribution >= 0.6 is 11.6 Å². The van der Waals surface area contributed by atoms with Crippen molar-refractivity contribution in [3.63, 3.8) is 0 Å². The minimum atomic E-state index is -0.717. The summed E-state index contributed by atoms with van der Waals surface area (Å²) in [6.07, 6.45) is 0.947. The first-order chi connectivity index (χ1) is 15.9. The quantitative estimate of drug-likeness (QED) is 0.437. The number of nitrogens with one attached hydrogen (secondary N) is 1. The predicted octanol–water partition coefficient (Wildman–Crippen LogP) is 4.19. The number of rotatable bonds is 5. The Bertz CT molecular complexity index is 1410.